The van der Waals surface area contributed by atoms with E-state index in [0.29, 0.717) is 24.8 Å². The second-order valence-electron chi connectivity index (χ2n) is 5.34. The van der Waals surface area contributed by atoms with E-state index in [0.717, 1.165) is 0 Å². The Morgan fingerprint density at radius 3 is 2.42 bits per heavy atom. The smallest absolute Gasteiger partial charge is 0.212 e. The number of ether oxygens (including phenoxy) is 3. The lowest BCUT2D eigenvalue weighted by Crippen LogP contribution is -2.51. The third-order valence-electron chi connectivity index (χ3n) is 3.60. The van der Waals surface area contributed by atoms with Gasteiger partial charge in [0, 0.05) is 13.0 Å². The van der Waals surface area contributed by atoms with Crippen molar-refractivity contribution in [3.05, 3.63) is 0 Å². The second-order valence-corrected chi connectivity index (χ2v) is 5.34. The molecular weight excluding hydrogens is 248 g/mol. The first-order valence-electron chi connectivity index (χ1n) is 6.55. The van der Waals surface area contributed by atoms with Crippen molar-refractivity contribution in [3.8, 4) is 0 Å². The summed E-state index contributed by atoms with van der Waals surface area (Å²) in [5.41, 5.74) is -1.05. The summed E-state index contributed by atoms with van der Waals surface area (Å²) in [7, 11) is 3.13. The molecule has 1 saturated heterocycles. The predicted octanol–water partition coefficient (Wildman–Crippen LogP) is 0.634. The van der Waals surface area contributed by atoms with Gasteiger partial charge in [-0.2, -0.15) is 0 Å². The van der Waals surface area contributed by atoms with E-state index in [1.54, 1.807) is 14.2 Å². The predicted molar refractivity (Wildman–Crippen MR) is 71.7 cm³/mol. The average molecular weight is 270 g/mol. The Balaban J connectivity index is 2.33. The first kappa shape index (κ1) is 14.3. The number of rotatable bonds is 2. The van der Waals surface area contributed by atoms with Crippen LogP contribution in [0.25, 0.3) is 0 Å². The van der Waals surface area contributed by atoms with Crippen LogP contribution in [0.1, 0.15) is 20.3 Å². The molecule has 2 aliphatic heterocycles. The van der Waals surface area contributed by atoms with Crippen molar-refractivity contribution < 1.29 is 19.3 Å². The van der Waals surface area contributed by atoms with E-state index in [1.165, 1.54) is 0 Å². The van der Waals surface area contributed by atoms with Crippen molar-refractivity contribution in [2.45, 2.75) is 38.0 Å². The van der Waals surface area contributed by atoms with E-state index in [4.69, 9.17) is 14.2 Å². The summed E-state index contributed by atoms with van der Waals surface area (Å²) in [4.78, 5) is 9.06. The van der Waals surface area contributed by atoms with Crippen molar-refractivity contribution in [2.75, 3.05) is 27.4 Å². The highest BCUT2D eigenvalue weighted by atomic mass is 16.5. The Bertz CT molecular complexity index is 386. The van der Waals surface area contributed by atoms with Crippen molar-refractivity contribution in [1.29, 1.82) is 0 Å². The summed E-state index contributed by atoms with van der Waals surface area (Å²) >= 11 is 0. The molecule has 1 N–H and O–H groups in total. The van der Waals surface area contributed by atoms with Crippen LogP contribution in [0, 0.1) is 5.92 Å². The number of aliphatic hydroxyl groups is 1. The van der Waals surface area contributed by atoms with Gasteiger partial charge in [0.1, 0.15) is 11.6 Å². The van der Waals surface area contributed by atoms with Crippen molar-refractivity contribution in [1.82, 2.24) is 0 Å². The maximum atomic E-state index is 10.6. The number of aliphatic imine (C=N–C) groups is 2. The summed E-state index contributed by atoms with van der Waals surface area (Å²) in [5.74, 6) is 1.24. The summed E-state index contributed by atoms with van der Waals surface area (Å²) < 4.78 is 15.9. The van der Waals surface area contributed by atoms with Crippen LogP contribution in [-0.2, 0) is 14.2 Å². The van der Waals surface area contributed by atoms with Gasteiger partial charge in [-0.15, -0.1) is 0 Å². The van der Waals surface area contributed by atoms with Gasteiger partial charge in [0.15, 0.2) is 6.04 Å². The number of nitrogens with zero attached hydrogens (tertiary/aromatic N) is 2. The normalized spacial score (nSPS) is 35.1. The van der Waals surface area contributed by atoms with Crippen LogP contribution in [-0.4, -0.2) is 62.0 Å². The van der Waals surface area contributed by atoms with E-state index in [9.17, 15) is 5.11 Å². The highest BCUT2D eigenvalue weighted by Crippen LogP contribution is 2.29. The lowest BCUT2D eigenvalue weighted by atomic mass is 9.91. The van der Waals surface area contributed by atoms with Gasteiger partial charge in [-0.3, -0.25) is 0 Å². The van der Waals surface area contributed by atoms with Crippen molar-refractivity contribution >= 4 is 11.8 Å². The summed E-state index contributed by atoms with van der Waals surface area (Å²) in [6.07, 6.45) is 0.521. The van der Waals surface area contributed by atoms with Crippen LogP contribution < -0.4 is 0 Å². The van der Waals surface area contributed by atoms with Crippen LogP contribution >= 0.6 is 0 Å². The summed E-state index contributed by atoms with van der Waals surface area (Å²) in [5, 5.41) is 10.6. The zero-order valence-corrected chi connectivity index (χ0v) is 11.9. The largest absolute Gasteiger partial charge is 0.483 e. The molecule has 0 unspecified atom stereocenters. The monoisotopic (exact) mass is 270 g/mol. The standard InChI is InChI=1S/C13H22N2O4/c1-8(2)9-11(17-3)15-10(12(14-9)18-4)13(16)5-6-19-7-13/h8-10,16H,5-7H2,1-4H3/t9-,10-,13+/m1/s1. The SMILES string of the molecule is COC1=N[C@H](C(C)C)C(OC)=N[C@H]1[C@]1(O)CCOC1. The Morgan fingerprint density at radius 2 is 1.95 bits per heavy atom. The molecule has 0 aromatic heterocycles. The molecule has 0 spiro atoms. The van der Waals surface area contributed by atoms with Gasteiger partial charge in [-0.25, -0.2) is 9.98 Å². The highest BCUT2D eigenvalue weighted by molar-refractivity contribution is 5.94. The lowest BCUT2D eigenvalue weighted by molar-refractivity contribution is 0.0153. The van der Waals surface area contributed by atoms with Gasteiger partial charge in [-0.05, 0) is 5.92 Å². The fraction of sp³-hybridized carbons (Fsp3) is 0.846. The molecule has 3 atom stereocenters. The van der Waals surface area contributed by atoms with Gasteiger partial charge in [0.25, 0.3) is 0 Å². The fourth-order valence-electron chi connectivity index (χ4n) is 2.43. The minimum absolute atomic E-state index is 0.165. The summed E-state index contributed by atoms with van der Waals surface area (Å²) in [6.45, 7) is 4.86. The van der Waals surface area contributed by atoms with Crippen LogP contribution in [0.4, 0.5) is 0 Å². The maximum absolute atomic E-state index is 10.6. The molecule has 2 aliphatic rings. The molecule has 0 aromatic carbocycles. The molecule has 0 bridgehead atoms. The molecule has 0 aromatic rings. The molecule has 108 valence electrons. The van der Waals surface area contributed by atoms with Crippen LogP contribution in [0.5, 0.6) is 0 Å². The maximum Gasteiger partial charge on any atom is 0.212 e. The van der Waals surface area contributed by atoms with Crippen LogP contribution in [0.3, 0.4) is 0 Å². The van der Waals surface area contributed by atoms with Gasteiger partial charge >= 0.3 is 0 Å². The first-order valence-corrected chi connectivity index (χ1v) is 6.55. The quantitative estimate of drug-likeness (QED) is 0.799. The molecule has 0 saturated carbocycles. The zero-order chi connectivity index (χ0) is 14.0. The van der Waals surface area contributed by atoms with Gasteiger partial charge in [-0.1, -0.05) is 13.8 Å². The lowest BCUT2D eigenvalue weighted by Gasteiger charge is -2.33. The highest BCUT2D eigenvalue weighted by Gasteiger charge is 2.47. The second kappa shape index (κ2) is 5.46. The van der Waals surface area contributed by atoms with Crippen molar-refractivity contribution in [2.24, 2.45) is 15.9 Å². The molecule has 6 heteroatoms. The minimum atomic E-state index is -1.05. The molecule has 0 amide bonds. The van der Waals surface area contributed by atoms with Crippen molar-refractivity contribution in [3.63, 3.8) is 0 Å². The summed E-state index contributed by atoms with van der Waals surface area (Å²) in [6, 6.07) is -0.716. The number of hydrogen-bond acceptors (Lipinski definition) is 6. The molecule has 0 aliphatic carbocycles. The number of hydrogen-bond donors (Lipinski definition) is 1. The van der Waals surface area contributed by atoms with E-state index >= 15 is 0 Å². The topological polar surface area (TPSA) is 72.6 Å². The van der Waals surface area contributed by atoms with Crippen LogP contribution in [0.15, 0.2) is 9.98 Å². The molecule has 0 radical (unpaired) electrons. The Kier molecular flexibility index (Phi) is 4.10. The van der Waals surface area contributed by atoms with E-state index in [-0.39, 0.29) is 18.6 Å². The first-order chi connectivity index (χ1) is 9.01. The molecule has 1 fully saturated rings. The molecule has 6 nitrogen and oxygen atoms in total. The van der Waals surface area contributed by atoms with E-state index in [2.05, 4.69) is 9.98 Å². The minimum Gasteiger partial charge on any atom is -0.483 e. The van der Waals surface area contributed by atoms with E-state index in [1.807, 2.05) is 13.8 Å². The Hall–Kier alpha value is -1.14. The Labute approximate surface area is 113 Å². The van der Waals surface area contributed by atoms with Gasteiger partial charge in [0.05, 0.1) is 20.8 Å². The molecular formula is C13H22N2O4. The third kappa shape index (κ3) is 2.60. The molecule has 2 rings (SSSR count). The van der Waals surface area contributed by atoms with Crippen LogP contribution in [0.2, 0.25) is 0 Å². The molecule has 2 heterocycles. The zero-order valence-electron chi connectivity index (χ0n) is 11.9. The number of methoxy groups -OCH3 is 2. The third-order valence-corrected chi connectivity index (χ3v) is 3.60. The van der Waals surface area contributed by atoms with Gasteiger partial charge in [0.2, 0.25) is 11.8 Å². The molecule has 19 heavy (non-hydrogen) atoms. The fourth-order valence-corrected chi connectivity index (χ4v) is 2.43. The Morgan fingerprint density at radius 1 is 1.26 bits per heavy atom. The average Bonchev–Trinajstić information content (AvgIpc) is 2.85. The van der Waals surface area contributed by atoms with E-state index < -0.39 is 11.6 Å². The van der Waals surface area contributed by atoms with Gasteiger partial charge < -0.3 is 19.3 Å².